The molecule has 0 saturated heterocycles. The van der Waals surface area contributed by atoms with Crippen LogP contribution in [0.4, 0.5) is 0 Å². The molecule has 82 valence electrons. The summed E-state index contributed by atoms with van der Waals surface area (Å²) in [4.78, 5) is 11.5. The normalized spacial score (nSPS) is 11.1. The maximum atomic E-state index is 11.5. The van der Waals surface area contributed by atoms with Crippen molar-refractivity contribution in [2.75, 3.05) is 0 Å². The van der Waals surface area contributed by atoms with Crippen LogP contribution in [0.15, 0.2) is 24.3 Å². The van der Waals surface area contributed by atoms with E-state index in [1.54, 1.807) is 18.2 Å². The fraction of sp³-hybridized carbons (Fsp3) is 0.417. The molecule has 0 fully saturated rings. The van der Waals surface area contributed by atoms with Gasteiger partial charge in [0.05, 0.1) is 6.42 Å². The number of phenols is 1. The molecule has 1 aromatic rings. The third-order valence-electron chi connectivity index (χ3n) is 1.79. The quantitative estimate of drug-likeness (QED) is 0.777. The molecule has 0 radical (unpaired) electrons. The molecular formula is C12H17NO2. The van der Waals surface area contributed by atoms with E-state index < -0.39 is 0 Å². The van der Waals surface area contributed by atoms with E-state index in [-0.39, 0.29) is 17.2 Å². The van der Waals surface area contributed by atoms with Gasteiger partial charge in [0.15, 0.2) is 0 Å². The highest BCUT2D eigenvalue weighted by Crippen LogP contribution is 2.11. The third kappa shape index (κ3) is 4.49. The number of benzene rings is 1. The minimum atomic E-state index is -0.214. The first-order chi connectivity index (χ1) is 6.87. The van der Waals surface area contributed by atoms with Crippen molar-refractivity contribution in [2.45, 2.75) is 32.7 Å². The second kappa shape index (κ2) is 4.34. The number of phenolic OH excluding ortho intramolecular Hbond substituents is 1. The van der Waals surface area contributed by atoms with Gasteiger partial charge in [-0.2, -0.15) is 0 Å². The highest BCUT2D eigenvalue weighted by molar-refractivity contribution is 5.79. The van der Waals surface area contributed by atoms with Crippen molar-refractivity contribution >= 4 is 5.91 Å². The Morgan fingerprint density at radius 3 is 2.60 bits per heavy atom. The van der Waals surface area contributed by atoms with Gasteiger partial charge in [-0.05, 0) is 38.5 Å². The summed E-state index contributed by atoms with van der Waals surface area (Å²) in [6.07, 6.45) is 0.297. The van der Waals surface area contributed by atoms with Crippen molar-refractivity contribution in [2.24, 2.45) is 0 Å². The molecule has 2 N–H and O–H groups in total. The molecule has 0 aromatic heterocycles. The van der Waals surface area contributed by atoms with Gasteiger partial charge < -0.3 is 10.4 Å². The number of aromatic hydroxyl groups is 1. The van der Waals surface area contributed by atoms with Gasteiger partial charge >= 0.3 is 0 Å². The maximum Gasteiger partial charge on any atom is 0.224 e. The molecular weight excluding hydrogens is 190 g/mol. The van der Waals surface area contributed by atoms with E-state index in [2.05, 4.69) is 5.32 Å². The fourth-order valence-electron chi connectivity index (χ4n) is 1.31. The first-order valence-electron chi connectivity index (χ1n) is 4.96. The Morgan fingerprint density at radius 1 is 1.40 bits per heavy atom. The molecule has 0 atom stereocenters. The zero-order chi connectivity index (χ0) is 11.5. The van der Waals surface area contributed by atoms with Gasteiger partial charge in [0.2, 0.25) is 5.91 Å². The highest BCUT2D eigenvalue weighted by atomic mass is 16.3. The Hall–Kier alpha value is -1.51. The van der Waals surface area contributed by atoms with Crippen LogP contribution in [0.3, 0.4) is 0 Å². The lowest BCUT2D eigenvalue weighted by Gasteiger charge is -2.20. The Labute approximate surface area is 90.1 Å². The van der Waals surface area contributed by atoms with E-state index in [1.165, 1.54) is 0 Å². The van der Waals surface area contributed by atoms with Crippen LogP contribution in [0, 0.1) is 0 Å². The van der Waals surface area contributed by atoms with Crippen molar-refractivity contribution < 1.29 is 9.90 Å². The zero-order valence-corrected chi connectivity index (χ0v) is 9.37. The Morgan fingerprint density at radius 2 is 2.07 bits per heavy atom. The molecule has 1 aromatic carbocycles. The second-order valence-corrected chi connectivity index (χ2v) is 4.64. The van der Waals surface area contributed by atoms with Crippen LogP contribution in [0.25, 0.3) is 0 Å². The van der Waals surface area contributed by atoms with Crippen molar-refractivity contribution in [3.63, 3.8) is 0 Å². The van der Waals surface area contributed by atoms with Crippen molar-refractivity contribution in [1.29, 1.82) is 0 Å². The lowest BCUT2D eigenvalue weighted by atomic mass is 10.1. The Bertz CT molecular complexity index is 353. The number of nitrogens with one attached hydrogen (secondary N) is 1. The summed E-state index contributed by atoms with van der Waals surface area (Å²) in [5, 5.41) is 12.1. The molecule has 0 saturated carbocycles. The number of rotatable bonds is 2. The Balaban J connectivity index is 2.59. The maximum absolute atomic E-state index is 11.5. The highest BCUT2D eigenvalue weighted by Gasteiger charge is 2.13. The van der Waals surface area contributed by atoms with Gasteiger partial charge in [0.25, 0.3) is 0 Å². The van der Waals surface area contributed by atoms with Crippen LogP contribution in [0.2, 0.25) is 0 Å². The minimum absolute atomic E-state index is 0.0342. The predicted octanol–water partition coefficient (Wildman–Crippen LogP) is 1.85. The summed E-state index contributed by atoms with van der Waals surface area (Å²) in [5.41, 5.74) is 0.602. The van der Waals surface area contributed by atoms with Crippen LogP contribution in [-0.4, -0.2) is 16.6 Å². The topological polar surface area (TPSA) is 49.3 Å². The van der Waals surface area contributed by atoms with Crippen LogP contribution in [-0.2, 0) is 11.2 Å². The van der Waals surface area contributed by atoms with Crippen LogP contribution < -0.4 is 5.32 Å². The summed E-state index contributed by atoms with van der Waals surface area (Å²) in [7, 11) is 0. The number of carbonyl (C=O) groups excluding carboxylic acids is 1. The van der Waals surface area contributed by atoms with E-state index in [1.807, 2.05) is 26.8 Å². The molecule has 0 aliphatic rings. The average Bonchev–Trinajstić information content (AvgIpc) is 1.99. The lowest BCUT2D eigenvalue weighted by Crippen LogP contribution is -2.41. The van der Waals surface area contributed by atoms with Crippen LogP contribution in [0.1, 0.15) is 26.3 Å². The van der Waals surface area contributed by atoms with E-state index in [0.29, 0.717) is 6.42 Å². The first-order valence-corrected chi connectivity index (χ1v) is 4.96. The van der Waals surface area contributed by atoms with Gasteiger partial charge in [-0.3, -0.25) is 4.79 Å². The average molecular weight is 207 g/mol. The summed E-state index contributed by atoms with van der Waals surface area (Å²) in [5.74, 6) is 0.157. The molecule has 0 unspecified atom stereocenters. The molecule has 0 aliphatic carbocycles. The molecule has 1 rings (SSSR count). The molecule has 0 heterocycles. The molecule has 0 bridgehead atoms. The second-order valence-electron chi connectivity index (χ2n) is 4.64. The predicted molar refractivity (Wildman–Crippen MR) is 59.7 cm³/mol. The van der Waals surface area contributed by atoms with Gasteiger partial charge in [0.1, 0.15) is 5.75 Å². The Kier molecular flexibility index (Phi) is 3.35. The summed E-state index contributed by atoms with van der Waals surface area (Å²) >= 11 is 0. The van der Waals surface area contributed by atoms with Crippen LogP contribution in [0.5, 0.6) is 5.75 Å². The summed E-state index contributed by atoms with van der Waals surface area (Å²) in [6.45, 7) is 5.81. The third-order valence-corrected chi connectivity index (χ3v) is 1.79. The molecule has 0 aliphatic heterocycles. The SMILES string of the molecule is CC(C)(C)NC(=O)Cc1cccc(O)c1. The molecule has 1 amide bonds. The largest absolute Gasteiger partial charge is 0.508 e. The standard InChI is InChI=1S/C12H17NO2/c1-12(2,3)13-11(15)8-9-5-4-6-10(14)7-9/h4-7,14H,8H2,1-3H3,(H,13,15). The van der Waals surface area contributed by atoms with Gasteiger partial charge in [-0.1, -0.05) is 12.1 Å². The monoisotopic (exact) mass is 207 g/mol. The number of carbonyl (C=O) groups is 1. The van der Waals surface area contributed by atoms with Crippen molar-refractivity contribution in [3.05, 3.63) is 29.8 Å². The fourth-order valence-corrected chi connectivity index (χ4v) is 1.31. The zero-order valence-electron chi connectivity index (χ0n) is 9.37. The van der Waals surface area contributed by atoms with Gasteiger partial charge in [0, 0.05) is 5.54 Å². The van der Waals surface area contributed by atoms with E-state index in [4.69, 9.17) is 0 Å². The minimum Gasteiger partial charge on any atom is -0.508 e. The van der Waals surface area contributed by atoms with Crippen molar-refractivity contribution in [3.8, 4) is 5.75 Å². The molecule has 3 heteroatoms. The summed E-state index contributed by atoms with van der Waals surface area (Å²) in [6, 6.07) is 6.74. The molecule has 15 heavy (non-hydrogen) atoms. The number of hydrogen-bond donors (Lipinski definition) is 2. The molecule has 0 spiro atoms. The smallest absolute Gasteiger partial charge is 0.224 e. The van der Waals surface area contributed by atoms with E-state index >= 15 is 0 Å². The number of hydrogen-bond acceptors (Lipinski definition) is 2. The lowest BCUT2D eigenvalue weighted by molar-refractivity contribution is -0.121. The van der Waals surface area contributed by atoms with Gasteiger partial charge in [-0.25, -0.2) is 0 Å². The summed E-state index contributed by atoms with van der Waals surface area (Å²) < 4.78 is 0. The van der Waals surface area contributed by atoms with E-state index in [9.17, 15) is 9.90 Å². The van der Waals surface area contributed by atoms with Gasteiger partial charge in [-0.15, -0.1) is 0 Å². The molecule has 3 nitrogen and oxygen atoms in total. The number of amides is 1. The first kappa shape index (κ1) is 11.6. The van der Waals surface area contributed by atoms with Crippen LogP contribution >= 0.6 is 0 Å². The van der Waals surface area contributed by atoms with E-state index in [0.717, 1.165) is 5.56 Å². The van der Waals surface area contributed by atoms with Crippen molar-refractivity contribution in [1.82, 2.24) is 5.32 Å².